The summed E-state index contributed by atoms with van der Waals surface area (Å²) in [4.78, 5) is 12.1. The van der Waals surface area contributed by atoms with E-state index in [4.69, 9.17) is 0 Å². The molecule has 0 unspecified atom stereocenters. The van der Waals surface area contributed by atoms with Gasteiger partial charge in [0.05, 0.1) is 17.1 Å². The highest BCUT2D eigenvalue weighted by molar-refractivity contribution is 8.25. The third-order valence-electron chi connectivity index (χ3n) is 3.35. The molecule has 22 heavy (non-hydrogen) atoms. The molecule has 0 radical (unpaired) electrons. The number of para-hydroxylation sites is 2. The average molecular weight is 319 g/mol. The van der Waals surface area contributed by atoms with Gasteiger partial charge in [-0.3, -0.25) is 13.8 Å². The summed E-state index contributed by atoms with van der Waals surface area (Å²) < 4.78 is 22.4. The smallest absolute Gasteiger partial charge is 0.308 e. The Morgan fingerprint density at radius 1 is 1.05 bits per heavy atom. The minimum absolute atomic E-state index is 0.277. The van der Waals surface area contributed by atoms with Gasteiger partial charge in [0, 0.05) is 5.69 Å². The molecule has 2 aromatic carbocycles. The Morgan fingerprint density at radius 2 is 1.82 bits per heavy atom. The Kier molecular flexibility index (Phi) is 3.93. The summed E-state index contributed by atoms with van der Waals surface area (Å²) in [5.41, 5.74) is 2.72. The molecule has 0 saturated heterocycles. The quantitative estimate of drug-likeness (QED) is 0.579. The van der Waals surface area contributed by atoms with E-state index in [2.05, 4.69) is 15.4 Å². The molecule has 0 fully saturated rings. The maximum absolute atomic E-state index is 12.1. The molecular weight excluding hydrogens is 302 g/mol. The fraction of sp³-hybridized carbons (Fsp3) is 0.133. The summed E-state index contributed by atoms with van der Waals surface area (Å²) in [6.45, 7) is 0. The zero-order valence-electron chi connectivity index (χ0n) is 11.7. The number of carbonyl (C=O) groups is 1. The van der Waals surface area contributed by atoms with E-state index in [1.807, 2.05) is 30.3 Å². The van der Waals surface area contributed by atoms with E-state index >= 15 is 0 Å². The van der Waals surface area contributed by atoms with Gasteiger partial charge in [-0.2, -0.15) is 0 Å². The van der Waals surface area contributed by atoms with E-state index in [-0.39, 0.29) is 11.8 Å². The molecule has 0 spiro atoms. The number of amides is 2. The van der Waals surface area contributed by atoms with Crippen LogP contribution in [-0.4, -0.2) is 20.9 Å². The molecule has 0 aliphatic carbocycles. The topological polar surface area (TPSA) is 93.6 Å². The van der Waals surface area contributed by atoms with Crippen LogP contribution in [0.2, 0.25) is 0 Å². The molecule has 1 heterocycles. The Hall–Kier alpha value is -2.22. The molecule has 1 aliphatic rings. The number of carbonyl (C=O) groups excluding carboxylic acids is 1. The van der Waals surface area contributed by atoms with Crippen LogP contribution in [0.5, 0.6) is 0 Å². The number of hydrogen-bond acceptors (Lipinski definition) is 4. The number of hydrogen-bond donors (Lipinski definition) is 5. The van der Waals surface area contributed by atoms with Crippen LogP contribution in [0.3, 0.4) is 0 Å². The SMILES string of the molecule is O=C(Nc1ccccc1)Nc1cccc2c1NS(O)(O)CC2. The van der Waals surface area contributed by atoms with Crippen LogP contribution in [0.1, 0.15) is 5.56 Å². The predicted molar refractivity (Wildman–Crippen MR) is 90.6 cm³/mol. The molecular formula is C15H17N3O3S. The van der Waals surface area contributed by atoms with Gasteiger partial charge in [0.25, 0.3) is 0 Å². The van der Waals surface area contributed by atoms with Crippen LogP contribution in [0.4, 0.5) is 21.9 Å². The average Bonchev–Trinajstić information content (AvgIpc) is 2.48. The molecule has 2 aromatic rings. The summed E-state index contributed by atoms with van der Waals surface area (Å²) in [5, 5.41) is 5.46. The molecule has 6 nitrogen and oxygen atoms in total. The van der Waals surface area contributed by atoms with Crippen molar-refractivity contribution in [2.24, 2.45) is 0 Å². The molecule has 1 aliphatic heterocycles. The van der Waals surface area contributed by atoms with Crippen molar-refractivity contribution in [2.75, 3.05) is 21.1 Å². The number of nitrogens with one attached hydrogen (secondary N) is 3. The van der Waals surface area contributed by atoms with Crippen molar-refractivity contribution >= 4 is 33.9 Å². The van der Waals surface area contributed by atoms with Gasteiger partial charge in [0.1, 0.15) is 0 Å². The fourth-order valence-corrected chi connectivity index (χ4v) is 3.48. The highest BCUT2D eigenvalue weighted by Crippen LogP contribution is 2.47. The van der Waals surface area contributed by atoms with E-state index in [0.717, 1.165) is 5.56 Å². The number of fused-ring (bicyclic) bond motifs is 1. The van der Waals surface area contributed by atoms with Crippen molar-refractivity contribution in [1.29, 1.82) is 0 Å². The first-order chi connectivity index (χ1) is 10.5. The summed E-state index contributed by atoms with van der Waals surface area (Å²) in [6, 6.07) is 14.2. The minimum Gasteiger partial charge on any atom is -0.308 e. The summed E-state index contributed by atoms with van der Waals surface area (Å²) in [5.74, 6) is 0.277. The summed E-state index contributed by atoms with van der Waals surface area (Å²) in [6.07, 6.45) is 0.556. The zero-order chi connectivity index (χ0) is 15.6. The Labute approximate surface area is 130 Å². The molecule has 0 bridgehead atoms. The predicted octanol–water partition coefficient (Wildman–Crippen LogP) is 3.96. The number of urea groups is 1. The molecule has 0 aromatic heterocycles. The van der Waals surface area contributed by atoms with E-state index in [0.29, 0.717) is 23.5 Å². The van der Waals surface area contributed by atoms with Gasteiger partial charge in [-0.05, 0) is 30.2 Å². The van der Waals surface area contributed by atoms with Gasteiger partial charge < -0.3 is 10.6 Å². The largest absolute Gasteiger partial charge is 0.323 e. The highest BCUT2D eigenvalue weighted by Gasteiger charge is 2.23. The van der Waals surface area contributed by atoms with Crippen molar-refractivity contribution in [3.8, 4) is 0 Å². The van der Waals surface area contributed by atoms with Crippen LogP contribution in [0.25, 0.3) is 0 Å². The molecule has 3 rings (SSSR count). The molecule has 5 N–H and O–H groups in total. The zero-order valence-corrected chi connectivity index (χ0v) is 12.6. The molecule has 116 valence electrons. The number of anilines is 3. The van der Waals surface area contributed by atoms with Gasteiger partial charge in [0.2, 0.25) is 0 Å². The first kappa shape index (κ1) is 14.7. The van der Waals surface area contributed by atoms with Crippen LogP contribution in [-0.2, 0) is 6.42 Å². The molecule has 2 amide bonds. The lowest BCUT2D eigenvalue weighted by atomic mass is 10.1. The van der Waals surface area contributed by atoms with Crippen molar-refractivity contribution in [1.82, 2.24) is 0 Å². The summed E-state index contributed by atoms with van der Waals surface area (Å²) in [7, 11) is -2.84. The van der Waals surface area contributed by atoms with Gasteiger partial charge in [-0.25, -0.2) is 4.79 Å². The number of rotatable bonds is 2. The standard InChI is InChI=1S/C15H17N3O3S/c19-15(16-12-6-2-1-3-7-12)17-13-8-4-5-11-9-10-22(20,21)18-14(11)13/h1-8,18,20-21H,9-10H2,(H2,16,17,19). The second-order valence-corrected chi connectivity index (χ2v) is 6.95. The second kappa shape index (κ2) is 5.88. The lowest BCUT2D eigenvalue weighted by Gasteiger charge is -2.39. The van der Waals surface area contributed by atoms with Gasteiger partial charge >= 0.3 is 6.03 Å². The van der Waals surface area contributed by atoms with Crippen LogP contribution in [0, 0.1) is 0 Å². The number of benzene rings is 2. The first-order valence-corrected chi connectivity index (χ1v) is 8.54. The third kappa shape index (κ3) is 3.33. The third-order valence-corrected chi connectivity index (χ3v) is 4.66. The van der Waals surface area contributed by atoms with Crippen LogP contribution < -0.4 is 15.4 Å². The van der Waals surface area contributed by atoms with E-state index in [1.54, 1.807) is 18.2 Å². The Balaban J connectivity index is 1.77. The Bertz CT molecular complexity index is 692. The van der Waals surface area contributed by atoms with E-state index in [1.165, 1.54) is 0 Å². The van der Waals surface area contributed by atoms with Crippen molar-refractivity contribution in [3.05, 3.63) is 54.1 Å². The molecule has 0 atom stereocenters. The van der Waals surface area contributed by atoms with Gasteiger partial charge in [-0.15, -0.1) is 10.8 Å². The Morgan fingerprint density at radius 3 is 2.59 bits per heavy atom. The fourth-order valence-electron chi connectivity index (χ4n) is 2.31. The van der Waals surface area contributed by atoms with Gasteiger partial charge in [0.15, 0.2) is 0 Å². The van der Waals surface area contributed by atoms with Crippen LogP contribution in [0.15, 0.2) is 48.5 Å². The lowest BCUT2D eigenvalue weighted by Crippen LogP contribution is -2.24. The van der Waals surface area contributed by atoms with Crippen molar-refractivity contribution < 1.29 is 13.9 Å². The van der Waals surface area contributed by atoms with Crippen molar-refractivity contribution in [2.45, 2.75) is 6.42 Å². The minimum atomic E-state index is -2.84. The molecule has 7 heteroatoms. The van der Waals surface area contributed by atoms with Crippen molar-refractivity contribution in [3.63, 3.8) is 0 Å². The second-order valence-electron chi connectivity index (χ2n) is 5.01. The highest BCUT2D eigenvalue weighted by atomic mass is 32.3. The summed E-state index contributed by atoms with van der Waals surface area (Å²) >= 11 is 0. The maximum Gasteiger partial charge on any atom is 0.323 e. The first-order valence-electron chi connectivity index (χ1n) is 6.82. The molecule has 0 saturated carbocycles. The van der Waals surface area contributed by atoms with E-state index < -0.39 is 10.8 Å². The monoisotopic (exact) mass is 319 g/mol. The van der Waals surface area contributed by atoms with Gasteiger partial charge in [-0.1, -0.05) is 30.3 Å². The lowest BCUT2D eigenvalue weighted by molar-refractivity contribution is 0.262. The van der Waals surface area contributed by atoms with E-state index in [9.17, 15) is 13.9 Å². The number of aryl methyl sites for hydroxylation is 1. The normalized spacial score (nSPS) is 16.8. The van der Waals surface area contributed by atoms with Crippen LogP contribution >= 0.6 is 10.8 Å². The maximum atomic E-state index is 12.1.